The predicted octanol–water partition coefficient (Wildman–Crippen LogP) is 6.03. The highest BCUT2D eigenvalue weighted by Crippen LogP contribution is 2.59. The number of rotatable bonds is 18. The van der Waals surface area contributed by atoms with Gasteiger partial charge in [-0.15, -0.1) is 0 Å². The van der Waals surface area contributed by atoms with Gasteiger partial charge in [0.15, 0.2) is 11.9 Å². The molecule has 0 spiro atoms. The number of carbonyl (C=O) groups excluding carboxylic acids is 1. The Hall–Kier alpha value is -3.15. The van der Waals surface area contributed by atoms with E-state index in [4.69, 9.17) is 24.0 Å². The molecule has 5 atom stereocenters. The van der Waals surface area contributed by atoms with Gasteiger partial charge in [-0.3, -0.25) is 22.9 Å². The highest BCUT2D eigenvalue weighted by molar-refractivity contribution is 7.48. The van der Waals surface area contributed by atoms with Gasteiger partial charge in [-0.1, -0.05) is 67.7 Å². The summed E-state index contributed by atoms with van der Waals surface area (Å²) in [4.78, 5) is 27.9. The van der Waals surface area contributed by atoms with E-state index in [9.17, 15) is 14.2 Å². The van der Waals surface area contributed by atoms with E-state index in [-0.39, 0.29) is 31.5 Å². The monoisotopic (exact) mass is 648 g/mol. The summed E-state index contributed by atoms with van der Waals surface area (Å²) < 4.78 is 51.4. The number of hydrogen-bond donors (Lipinski definition) is 2. The predicted molar refractivity (Wildman–Crippen MR) is 172 cm³/mol. The minimum Gasteiger partial charge on any atom is -0.383 e. The Morgan fingerprint density at radius 3 is 2.38 bits per heavy atom. The van der Waals surface area contributed by atoms with Gasteiger partial charge in [-0.2, -0.15) is 4.98 Å². The lowest BCUT2D eigenvalue weighted by Crippen LogP contribution is -2.46. The number of phosphoric acid groups is 1. The number of ether oxygens (including phenoxy) is 1. The van der Waals surface area contributed by atoms with Crippen molar-refractivity contribution in [1.82, 2.24) is 14.9 Å². The lowest BCUT2D eigenvalue weighted by atomic mass is 9.98. The molecule has 2 saturated heterocycles. The van der Waals surface area contributed by atoms with Crippen LogP contribution in [0.25, 0.3) is 0 Å². The number of amides is 1. The molecule has 1 amide bonds. The Balaban J connectivity index is 1.25. The maximum absolute atomic E-state index is 15.8. The molecule has 2 fully saturated rings. The molecule has 45 heavy (non-hydrogen) atoms. The van der Waals surface area contributed by atoms with E-state index in [1.54, 1.807) is 0 Å². The molecule has 13 heteroatoms. The molecular formula is C32H46FN4O7P. The molecule has 248 valence electrons. The number of nitrogens with two attached hydrogens (primary N) is 1. The van der Waals surface area contributed by atoms with Crippen molar-refractivity contribution in [2.45, 2.75) is 89.3 Å². The first kappa shape index (κ1) is 36.3. The van der Waals surface area contributed by atoms with Gasteiger partial charge in [-0.25, -0.2) is 13.8 Å². The van der Waals surface area contributed by atoms with Crippen molar-refractivity contribution in [3.8, 4) is 0 Å². The number of alkyl halides is 1. The summed E-state index contributed by atoms with van der Waals surface area (Å²) in [7, 11) is -4.13. The number of nitrogens with one attached hydrogen (secondary N) is 1. The van der Waals surface area contributed by atoms with Gasteiger partial charge >= 0.3 is 13.5 Å². The number of allylic oxidation sites excluding steroid dienone is 10. The van der Waals surface area contributed by atoms with Crippen molar-refractivity contribution in [2.75, 3.05) is 25.5 Å². The lowest BCUT2D eigenvalue weighted by molar-refractivity contribution is -0.121. The summed E-state index contributed by atoms with van der Waals surface area (Å²) in [6.07, 6.45) is 25.6. The minimum absolute atomic E-state index is 0.0119. The molecule has 2 aliphatic heterocycles. The molecule has 3 heterocycles. The number of anilines is 1. The molecule has 1 aromatic rings. The van der Waals surface area contributed by atoms with E-state index in [1.807, 2.05) is 0 Å². The van der Waals surface area contributed by atoms with Crippen LogP contribution in [0.2, 0.25) is 0 Å². The topological polar surface area (TPSA) is 144 Å². The van der Waals surface area contributed by atoms with Crippen LogP contribution in [0.5, 0.6) is 0 Å². The molecule has 1 aromatic heterocycles. The first-order valence-electron chi connectivity index (χ1n) is 15.4. The third-order valence-corrected chi connectivity index (χ3v) is 8.48. The van der Waals surface area contributed by atoms with Crippen LogP contribution in [0, 0.1) is 0 Å². The van der Waals surface area contributed by atoms with Crippen LogP contribution in [0.1, 0.15) is 71.4 Å². The maximum Gasteiger partial charge on any atom is 0.475 e. The number of nitrogen functional groups attached to an aromatic ring is 1. The van der Waals surface area contributed by atoms with E-state index >= 15 is 4.39 Å². The Labute approximate surface area is 264 Å². The molecule has 0 bridgehead atoms. The number of unbranched alkanes of at least 4 members (excludes halogenated alkanes) is 1. The molecule has 3 N–H and O–H groups in total. The zero-order valence-corrected chi connectivity index (χ0v) is 27.0. The van der Waals surface area contributed by atoms with Crippen molar-refractivity contribution in [3.63, 3.8) is 0 Å². The van der Waals surface area contributed by atoms with Crippen molar-refractivity contribution < 1.29 is 32.1 Å². The second kappa shape index (κ2) is 18.7. The van der Waals surface area contributed by atoms with Crippen molar-refractivity contribution in [2.24, 2.45) is 0 Å². The number of phosphoric ester groups is 1. The number of fused-ring (bicyclic) bond motifs is 1. The third kappa shape index (κ3) is 11.9. The zero-order chi connectivity index (χ0) is 32.5. The number of carbonyl (C=O) groups is 1. The Morgan fingerprint density at radius 2 is 1.76 bits per heavy atom. The molecule has 0 aromatic carbocycles. The molecule has 0 radical (unpaired) electrons. The van der Waals surface area contributed by atoms with Crippen LogP contribution in [0.15, 0.2) is 77.8 Å². The summed E-state index contributed by atoms with van der Waals surface area (Å²) in [5.74, 6) is -0.178. The van der Waals surface area contributed by atoms with Gasteiger partial charge in [0.25, 0.3) is 0 Å². The average molecular weight is 649 g/mol. The largest absolute Gasteiger partial charge is 0.475 e. The smallest absolute Gasteiger partial charge is 0.383 e. The number of halogens is 1. The summed E-state index contributed by atoms with van der Waals surface area (Å²) in [6, 6.07) is 1.34. The fraction of sp³-hybridized carbons (Fsp3) is 0.531. The van der Waals surface area contributed by atoms with Gasteiger partial charge in [0, 0.05) is 19.2 Å². The van der Waals surface area contributed by atoms with Crippen LogP contribution in [0.4, 0.5) is 10.2 Å². The van der Waals surface area contributed by atoms with Crippen LogP contribution >= 0.6 is 7.82 Å². The number of hydrogen-bond acceptors (Lipinski definition) is 9. The van der Waals surface area contributed by atoms with Gasteiger partial charge in [0.2, 0.25) is 5.91 Å². The highest BCUT2D eigenvalue weighted by Gasteiger charge is 2.61. The Bertz CT molecular complexity index is 1340. The highest BCUT2D eigenvalue weighted by atomic mass is 31.2. The molecule has 11 nitrogen and oxygen atoms in total. The lowest BCUT2D eigenvalue weighted by Gasteiger charge is -2.33. The van der Waals surface area contributed by atoms with Gasteiger partial charge in [-0.05, 0) is 57.9 Å². The molecule has 1 unspecified atom stereocenters. The summed E-state index contributed by atoms with van der Waals surface area (Å²) >= 11 is 0. The SMILES string of the molecule is CCC=CCC=CCC=CCC=CCC=CCCCC(=O)NCCOP1(=O)OC[C@H]2O[C@@H](n3ccc(N)nc3=O)[C@](C)(F)[C@@H]2O1. The quantitative estimate of drug-likeness (QED) is 0.111. The number of aromatic nitrogens is 2. The van der Waals surface area contributed by atoms with E-state index < -0.39 is 37.6 Å². The van der Waals surface area contributed by atoms with E-state index in [0.717, 1.165) is 43.1 Å². The third-order valence-electron chi connectivity index (χ3n) is 7.03. The molecule has 0 aliphatic carbocycles. The fourth-order valence-corrected chi connectivity index (χ4v) is 6.16. The second-order valence-electron chi connectivity index (χ2n) is 10.8. The number of nitrogens with zero attached hydrogens (tertiary/aromatic N) is 2. The van der Waals surface area contributed by atoms with Crippen LogP contribution in [-0.2, 0) is 27.7 Å². The molecule has 2 aliphatic rings. The fourth-order valence-electron chi connectivity index (χ4n) is 4.70. The molecular weight excluding hydrogens is 602 g/mol. The Morgan fingerprint density at radius 1 is 1.13 bits per heavy atom. The van der Waals surface area contributed by atoms with Crippen molar-refractivity contribution in [3.05, 3.63) is 83.5 Å². The van der Waals surface area contributed by atoms with Crippen LogP contribution in [-0.4, -0.2) is 53.1 Å². The average Bonchev–Trinajstić information content (AvgIpc) is 3.26. The van der Waals surface area contributed by atoms with E-state index in [2.05, 4.69) is 78.0 Å². The normalized spacial score (nSPS) is 27.0. The van der Waals surface area contributed by atoms with E-state index in [0.29, 0.717) is 12.8 Å². The van der Waals surface area contributed by atoms with Crippen LogP contribution < -0.4 is 16.7 Å². The van der Waals surface area contributed by atoms with Gasteiger partial charge in [0.05, 0.1) is 13.2 Å². The molecule has 0 saturated carbocycles. The molecule has 3 rings (SSSR count). The first-order valence-corrected chi connectivity index (χ1v) is 16.9. The summed E-state index contributed by atoms with van der Waals surface area (Å²) in [6.45, 7) is 2.96. The standard InChI is InChI=1S/C32H46FN4O7P/c1-3-4-5-6-7-8-9-10-11-12-13-14-15-16-17-18-19-20-28(38)35-22-24-41-45(40)42-25-26-29(44-45)32(2,33)30(43-26)37-23-21-27(34)36-31(37)39/h4-5,7-8,10-11,13-14,16-17,21,23,26,29-30H,3,6,9,12,15,18-20,22,24-25H2,1-2H3,(H,35,38)(H2,34,36,39)/t26-,29-,30-,32-,45?/m1/s1. The summed E-state index contributed by atoms with van der Waals surface area (Å²) in [5, 5.41) is 2.70. The van der Waals surface area contributed by atoms with Gasteiger partial charge < -0.3 is 15.8 Å². The maximum atomic E-state index is 15.8. The van der Waals surface area contributed by atoms with Gasteiger partial charge in [0.1, 0.15) is 18.0 Å². The first-order chi connectivity index (χ1) is 21.7. The van der Waals surface area contributed by atoms with Crippen LogP contribution in [0.3, 0.4) is 0 Å². The minimum atomic E-state index is -4.13. The van der Waals surface area contributed by atoms with Crippen molar-refractivity contribution in [1.29, 1.82) is 0 Å². The second-order valence-corrected chi connectivity index (χ2v) is 12.4. The van der Waals surface area contributed by atoms with E-state index in [1.165, 1.54) is 19.2 Å². The Kier molecular flexibility index (Phi) is 15.1. The summed E-state index contributed by atoms with van der Waals surface area (Å²) in [5.41, 5.74) is 2.46. The zero-order valence-electron chi connectivity index (χ0n) is 26.1. The van der Waals surface area contributed by atoms with Crippen molar-refractivity contribution >= 4 is 19.5 Å².